The molecule has 1 atom stereocenters. The van der Waals surface area contributed by atoms with Crippen LogP contribution < -0.4 is 11.1 Å². The SMILES string of the molecule is Cl.Nc1ccc2c(c1)CCCC2NC(=O)C1CCCC1. The molecule has 0 saturated heterocycles. The molecular weight excluding hydrogens is 272 g/mol. The maximum atomic E-state index is 12.3. The normalized spacial score (nSPS) is 21.9. The Morgan fingerprint density at radius 1 is 1.15 bits per heavy atom. The van der Waals surface area contributed by atoms with Crippen LogP contribution in [0, 0.1) is 5.92 Å². The molecule has 2 aliphatic rings. The average Bonchev–Trinajstić information content (AvgIpc) is 2.92. The molecule has 0 spiro atoms. The molecule has 0 aromatic heterocycles. The van der Waals surface area contributed by atoms with Gasteiger partial charge in [-0.1, -0.05) is 18.9 Å². The van der Waals surface area contributed by atoms with Gasteiger partial charge in [0.2, 0.25) is 5.91 Å². The van der Waals surface area contributed by atoms with Gasteiger partial charge in [-0.3, -0.25) is 4.79 Å². The van der Waals surface area contributed by atoms with Crippen LogP contribution in [-0.2, 0) is 11.2 Å². The molecule has 1 amide bonds. The van der Waals surface area contributed by atoms with Crippen molar-refractivity contribution >= 4 is 24.0 Å². The van der Waals surface area contributed by atoms with Crippen molar-refractivity contribution < 1.29 is 4.79 Å². The smallest absolute Gasteiger partial charge is 0.223 e. The van der Waals surface area contributed by atoms with Crippen molar-refractivity contribution in [3.05, 3.63) is 29.3 Å². The molecule has 1 fully saturated rings. The zero-order chi connectivity index (χ0) is 13.2. The van der Waals surface area contributed by atoms with Crippen molar-refractivity contribution in [2.75, 3.05) is 5.73 Å². The molecule has 2 aliphatic carbocycles. The Labute approximate surface area is 126 Å². The summed E-state index contributed by atoms with van der Waals surface area (Å²) in [7, 11) is 0. The highest BCUT2D eigenvalue weighted by atomic mass is 35.5. The zero-order valence-corrected chi connectivity index (χ0v) is 12.5. The minimum absolute atomic E-state index is 0. The molecule has 0 radical (unpaired) electrons. The van der Waals surface area contributed by atoms with E-state index in [1.54, 1.807) is 0 Å². The van der Waals surface area contributed by atoms with Crippen LogP contribution in [0.4, 0.5) is 5.69 Å². The monoisotopic (exact) mass is 294 g/mol. The first-order chi connectivity index (χ1) is 9.24. The van der Waals surface area contributed by atoms with Crippen molar-refractivity contribution in [3.8, 4) is 0 Å². The van der Waals surface area contributed by atoms with Crippen LogP contribution >= 0.6 is 12.4 Å². The highest BCUT2D eigenvalue weighted by Crippen LogP contribution is 2.32. The van der Waals surface area contributed by atoms with E-state index in [0.717, 1.165) is 37.8 Å². The Bertz CT molecular complexity index is 483. The van der Waals surface area contributed by atoms with Crippen LogP contribution in [-0.4, -0.2) is 5.91 Å². The number of carbonyl (C=O) groups excluding carboxylic acids is 1. The van der Waals surface area contributed by atoms with Gasteiger partial charge >= 0.3 is 0 Å². The predicted octanol–water partition coefficient (Wildman–Crippen LogP) is 3.37. The molecule has 0 heterocycles. The van der Waals surface area contributed by atoms with Gasteiger partial charge < -0.3 is 11.1 Å². The standard InChI is InChI=1S/C16H22N2O.ClH/c17-13-8-9-14-12(10-13)6-3-7-15(14)18-16(19)11-4-1-2-5-11;/h8-11,15H,1-7,17H2,(H,18,19);1H. The number of hydrogen-bond donors (Lipinski definition) is 2. The first kappa shape index (κ1) is 15.2. The van der Waals surface area contributed by atoms with Crippen molar-refractivity contribution in [2.24, 2.45) is 5.92 Å². The summed E-state index contributed by atoms with van der Waals surface area (Å²) in [6, 6.07) is 6.28. The van der Waals surface area contributed by atoms with Gasteiger partial charge in [0.25, 0.3) is 0 Å². The lowest BCUT2D eigenvalue weighted by molar-refractivity contribution is -0.125. The first-order valence-corrected chi connectivity index (χ1v) is 7.43. The van der Waals surface area contributed by atoms with Crippen molar-refractivity contribution in [3.63, 3.8) is 0 Å². The van der Waals surface area contributed by atoms with E-state index < -0.39 is 0 Å². The number of carbonyl (C=O) groups is 1. The van der Waals surface area contributed by atoms with E-state index in [1.807, 2.05) is 6.07 Å². The fourth-order valence-electron chi connectivity index (χ4n) is 3.46. The Hall–Kier alpha value is -1.22. The number of nitrogen functional groups attached to an aromatic ring is 1. The summed E-state index contributed by atoms with van der Waals surface area (Å²) >= 11 is 0. The van der Waals surface area contributed by atoms with Gasteiger partial charge in [-0.25, -0.2) is 0 Å². The lowest BCUT2D eigenvalue weighted by atomic mass is 9.87. The van der Waals surface area contributed by atoms with E-state index in [2.05, 4.69) is 17.4 Å². The lowest BCUT2D eigenvalue weighted by Gasteiger charge is -2.27. The van der Waals surface area contributed by atoms with Gasteiger partial charge in [-0.2, -0.15) is 0 Å². The molecule has 3 nitrogen and oxygen atoms in total. The summed E-state index contributed by atoms with van der Waals surface area (Å²) in [5.74, 6) is 0.506. The summed E-state index contributed by atoms with van der Waals surface area (Å²) in [4.78, 5) is 12.3. The number of halogens is 1. The highest BCUT2D eigenvalue weighted by Gasteiger charge is 2.27. The van der Waals surface area contributed by atoms with Gasteiger partial charge in [-0.05, 0) is 55.4 Å². The van der Waals surface area contributed by atoms with Crippen LogP contribution in [0.1, 0.15) is 55.7 Å². The molecule has 1 unspecified atom stereocenters. The molecule has 3 N–H and O–H groups in total. The molecule has 3 rings (SSSR count). The first-order valence-electron chi connectivity index (χ1n) is 7.43. The minimum atomic E-state index is 0. The number of hydrogen-bond acceptors (Lipinski definition) is 2. The third kappa shape index (κ3) is 3.09. The molecule has 1 saturated carbocycles. The fourth-order valence-corrected chi connectivity index (χ4v) is 3.46. The van der Waals surface area contributed by atoms with E-state index in [4.69, 9.17) is 5.73 Å². The summed E-state index contributed by atoms with van der Waals surface area (Å²) in [5, 5.41) is 3.26. The highest BCUT2D eigenvalue weighted by molar-refractivity contribution is 5.85. The number of fused-ring (bicyclic) bond motifs is 1. The largest absolute Gasteiger partial charge is 0.399 e. The maximum Gasteiger partial charge on any atom is 0.223 e. The van der Waals surface area contributed by atoms with Crippen LogP contribution in [0.5, 0.6) is 0 Å². The molecule has 1 aromatic rings. The molecular formula is C16H23ClN2O. The van der Waals surface area contributed by atoms with E-state index in [9.17, 15) is 4.79 Å². The van der Waals surface area contributed by atoms with E-state index in [1.165, 1.54) is 24.0 Å². The Morgan fingerprint density at radius 3 is 2.65 bits per heavy atom. The number of benzene rings is 1. The number of amides is 1. The third-order valence-corrected chi connectivity index (χ3v) is 4.52. The Kier molecular flexibility index (Phi) is 4.92. The summed E-state index contributed by atoms with van der Waals surface area (Å²) < 4.78 is 0. The van der Waals surface area contributed by atoms with Crippen LogP contribution in [0.2, 0.25) is 0 Å². The minimum Gasteiger partial charge on any atom is -0.399 e. The molecule has 20 heavy (non-hydrogen) atoms. The van der Waals surface area contributed by atoms with Gasteiger partial charge in [0.05, 0.1) is 6.04 Å². The average molecular weight is 295 g/mol. The van der Waals surface area contributed by atoms with Crippen molar-refractivity contribution in [1.82, 2.24) is 5.32 Å². The second kappa shape index (κ2) is 6.49. The van der Waals surface area contributed by atoms with E-state index in [-0.39, 0.29) is 30.3 Å². The van der Waals surface area contributed by atoms with Crippen LogP contribution in [0.3, 0.4) is 0 Å². The zero-order valence-electron chi connectivity index (χ0n) is 11.7. The Balaban J connectivity index is 0.00000147. The van der Waals surface area contributed by atoms with Crippen LogP contribution in [0.25, 0.3) is 0 Å². The summed E-state index contributed by atoms with van der Waals surface area (Å²) in [6.07, 6.45) is 7.80. The topological polar surface area (TPSA) is 55.1 Å². The van der Waals surface area contributed by atoms with Gasteiger partial charge in [0.15, 0.2) is 0 Å². The van der Waals surface area contributed by atoms with E-state index >= 15 is 0 Å². The van der Waals surface area contributed by atoms with Gasteiger partial charge in [0, 0.05) is 11.6 Å². The predicted molar refractivity (Wildman–Crippen MR) is 83.9 cm³/mol. The van der Waals surface area contributed by atoms with Crippen molar-refractivity contribution in [1.29, 1.82) is 0 Å². The second-order valence-electron chi connectivity index (χ2n) is 5.89. The number of nitrogens with one attached hydrogen (secondary N) is 1. The Morgan fingerprint density at radius 2 is 1.90 bits per heavy atom. The lowest BCUT2D eigenvalue weighted by Crippen LogP contribution is -2.34. The molecule has 0 bridgehead atoms. The number of aryl methyl sites for hydroxylation is 1. The van der Waals surface area contributed by atoms with Gasteiger partial charge in [0.1, 0.15) is 0 Å². The summed E-state index contributed by atoms with van der Waals surface area (Å²) in [5.41, 5.74) is 9.24. The quantitative estimate of drug-likeness (QED) is 0.822. The van der Waals surface area contributed by atoms with Crippen molar-refractivity contribution in [2.45, 2.75) is 51.0 Å². The molecule has 1 aromatic carbocycles. The third-order valence-electron chi connectivity index (χ3n) is 4.52. The van der Waals surface area contributed by atoms with Crippen LogP contribution in [0.15, 0.2) is 18.2 Å². The molecule has 110 valence electrons. The second-order valence-corrected chi connectivity index (χ2v) is 5.89. The number of rotatable bonds is 2. The molecule has 0 aliphatic heterocycles. The fraction of sp³-hybridized carbons (Fsp3) is 0.562. The summed E-state index contributed by atoms with van der Waals surface area (Å²) in [6.45, 7) is 0. The number of anilines is 1. The number of nitrogens with two attached hydrogens (primary N) is 1. The molecule has 4 heteroatoms. The van der Waals surface area contributed by atoms with E-state index in [0.29, 0.717) is 0 Å². The maximum absolute atomic E-state index is 12.3. The van der Waals surface area contributed by atoms with Gasteiger partial charge in [-0.15, -0.1) is 12.4 Å².